The summed E-state index contributed by atoms with van der Waals surface area (Å²) in [5.74, 6) is 1.55. The molecule has 0 spiro atoms. The van der Waals surface area contributed by atoms with Crippen molar-refractivity contribution in [1.82, 2.24) is 10.0 Å². The summed E-state index contributed by atoms with van der Waals surface area (Å²) in [6, 6.07) is 3.90. The van der Waals surface area contributed by atoms with E-state index in [1.165, 1.54) is 18.2 Å². The zero-order valence-corrected chi connectivity index (χ0v) is 13.0. The fourth-order valence-electron chi connectivity index (χ4n) is 2.15. The summed E-state index contributed by atoms with van der Waals surface area (Å²) in [7, 11) is -1.88. The van der Waals surface area contributed by atoms with Crippen molar-refractivity contribution in [3.05, 3.63) is 29.6 Å². The predicted molar refractivity (Wildman–Crippen MR) is 79.8 cm³/mol. The number of benzene rings is 1. The van der Waals surface area contributed by atoms with Crippen molar-refractivity contribution in [2.75, 3.05) is 18.6 Å². The van der Waals surface area contributed by atoms with Crippen molar-refractivity contribution in [3.8, 4) is 0 Å². The molecule has 1 aromatic rings. The van der Waals surface area contributed by atoms with Gasteiger partial charge in [0.15, 0.2) is 0 Å². The van der Waals surface area contributed by atoms with Crippen LogP contribution in [0.1, 0.15) is 18.4 Å². The third-order valence-electron chi connectivity index (χ3n) is 3.24. The fraction of sp³-hybridized carbons (Fsp3) is 0.538. The Morgan fingerprint density at radius 3 is 2.70 bits per heavy atom. The molecule has 112 valence electrons. The predicted octanol–water partition coefficient (Wildman–Crippen LogP) is 1.72. The molecule has 1 aromatic carbocycles. The Bertz CT molecular complexity index is 557. The largest absolute Gasteiger partial charge is 0.316 e. The minimum absolute atomic E-state index is 0.0148. The monoisotopic (exact) mass is 318 g/mol. The van der Waals surface area contributed by atoms with Crippen LogP contribution in [0.25, 0.3) is 0 Å². The van der Waals surface area contributed by atoms with E-state index in [4.69, 9.17) is 0 Å². The van der Waals surface area contributed by atoms with Crippen LogP contribution in [0.5, 0.6) is 0 Å². The van der Waals surface area contributed by atoms with E-state index in [9.17, 15) is 12.8 Å². The zero-order valence-electron chi connectivity index (χ0n) is 11.4. The molecule has 4 nitrogen and oxygen atoms in total. The summed E-state index contributed by atoms with van der Waals surface area (Å²) in [5.41, 5.74) is 0.356. The average Bonchev–Trinajstić information content (AvgIpc) is 2.42. The molecule has 1 saturated heterocycles. The molecule has 0 amide bonds. The highest BCUT2D eigenvalue weighted by Crippen LogP contribution is 2.20. The minimum Gasteiger partial charge on any atom is -0.316 e. The quantitative estimate of drug-likeness (QED) is 0.868. The summed E-state index contributed by atoms with van der Waals surface area (Å²) in [6.45, 7) is 0.301. The van der Waals surface area contributed by atoms with E-state index in [0.717, 1.165) is 24.3 Å². The van der Waals surface area contributed by atoms with E-state index in [2.05, 4.69) is 10.0 Å². The van der Waals surface area contributed by atoms with E-state index in [0.29, 0.717) is 12.1 Å². The van der Waals surface area contributed by atoms with Crippen LogP contribution in [-0.2, 0) is 16.6 Å². The molecule has 0 unspecified atom stereocenters. The van der Waals surface area contributed by atoms with Crippen molar-refractivity contribution in [2.45, 2.75) is 30.3 Å². The molecule has 0 aliphatic carbocycles. The maximum atomic E-state index is 13.5. The average molecular weight is 318 g/mol. The van der Waals surface area contributed by atoms with Gasteiger partial charge in [-0.2, -0.15) is 11.8 Å². The summed E-state index contributed by atoms with van der Waals surface area (Å²) in [4.78, 5) is 0.127. The maximum absolute atomic E-state index is 13.5. The summed E-state index contributed by atoms with van der Waals surface area (Å²) >= 11 is 1.84. The van der Waals surface area contributed by atoms with Crippen molar-refractivity contribution >= 4 is 21.8 Å². The van der Waals surface area contributed by atoms with Crippen molar-refractivity contribution < 1.29 is 12.8 Å². The van der Waals surface area contributed by atoms with Crippen LogP contribution in [0, 0.1) is 5.82 Å². The summed E-state index contributed by atoms with van der Waals surface area (Å²) < 4.78 is 40.9. The Balaban J connectivity index is 2.17. The molecule has 2 rings (SSSR count). The lowest BCUT2D eigenvalue weighted by Crippen LogP contribution is -2.37. The van der Waals surface area contributed by atoms with Gasteiger partial charge >= 0.3 is 0 Å². The van der Waals surface area contributed by atoms with E-state index in [-0.39, 0.29) is 10.9 Å². The molecule has 2 N–H and O–H groups in total. The van der Waals surface area contributed by atoms with Crippen molar-refractivity contribution in [1.29, 1.82) is 0 Å². The summed E-state index contributed by atoms with van der Waals surface area (Å²) in [5, 5.41) is 2.83. The van der Waals surface area contributed by atoms with Gasteiger partial charge in [0.1, 0.15) is 5.82 Å². The zero-order chi connectivity index (χ0) is 14.6. The standard InChI is InChI=1S/C13H19FN2O2S2/c1-15-9-10-8-12(2-3-13(10)14)20(17,18)16-11-4-6-19-7-5-11/h2-3,8,11,15-16H,4-7,9H2,1H3. The fourth-order valence-corrected chi connectivity index (χ4v) is 4.61. The molecule has 0 bridgehead atoms. The normalized spacial score (nSPS) is 17.3. The van der Waals surface area contributed by atoms with Gasteiger partial charge in [0.25, 0.3) is 0 Å². The lowest BCUT2D eigenvalue weighted by atomic mass is 10.2. The molecule has 1 fully saturated rings. The van der Waals surface area contributed by atoms with Crippen LogP contribution in [0.4, 0.5) is 4.39 Å². The van der Waals surface area contributed by atoms with Gasteiger partial charge in [-0.3, -0.25) is 0 Å². The van der Waals surface area contributed by atoms with Gasteiger partial charge in [0.05, 0.1) is 4.90 Å². The number of hydrogen-bond donors (Lipinski definition) is 2. The molecule has 0 radical (unpaired) electrons. The van der Waals surface area contributed by atoms with Gasteiger partial charge < -0.3 is 5.32 Å². The van der Waals surface area contributed by atoms with Crippen molar-refractivity contribution in [3.63, 3.8) is 0 Å². The molecule has 0 atom stereocenters. The molecular formula is C13H19FN2O2S2. The van der Waals surface area contributed by atoms with Crippen LogP contribution in [0.3, 0.4) is 0 Å². The van der Waals surface area contributed by atoms with Crippen LogP contribution >= 0.6 is 11.8 Å². The second kappa shape index (κ2) is 6.89. The second-order valence-electron chi connectivity index (χ2n) is 4.79. The molecular weight excluding hydrogens is 299 g/mol. The molecule has 1 heterocycles. The lowest BCUT2D eigenvalue weighted by Gasteiger charge is -2.22. The maximum Gasteiger partial charge on any atom is 0.240 e. The third-order valence-corrected chi connectivity index (χ3v) is 5.80. The van der Waals surface area contributed by atoms with Crippen LogP contribution in [0.2, 0.25) is 0 Å². The SMILES string of the molecule is CNCc1cc(S(=O)(=O)NC2CCSCC2)ccc1F. The first-order chi connectivity index (χ1) is 9.53. The highest BCUT2D eigenvalue weighted by Gasteiger charge is 2.22. The van der Waals surface area contributed by atoms with E-state index in [1.54, 1.807) is 7.05 Å². The van der Waals surface area contributed by atoms with E-state index >= 15 is 0 Å². The summed E-state index contributed by atoms with van der Waals surface area (Å²) in [6.07, 6.45) is 1.68. The van der Waals surface area contributed by atoms with Crippen LogP contribution in [-0.4, -0.2) is 33.0 Å². The lowest BCUT2D eigenvalue weighted by molar-refractivity contribution is 0.528. The van der Waals surface area contributed by atoms with Crippen LogP contribution < -0.4 is 10.0 Å². The number of rotatable bonds is 5. The number of nitrogens with one attached hydrogen (secondary N) is 2. The first kappa shape index (κ1) is 15.8. The van der Waals surface area contributed by atoms with Gasteiger partial charge in [-0.15, -0.1) is 0 Å². The Morgan fingerprint density at radius 1 is 1.35 bits per heavy atom. The topological polar surface area (TPSA) is 58.2 Å². The Labute approximate surface area is 123 Å². The van der Waals surface area contributed by atoms with E-state index in [1.807, 2.05) is 11.8 Å². The number of hydrogen-bond acceptors (Lipinski definition) is 4. The second-order valence-corrected chi connectivity index (χ2v) is 7.73. The molecule has 1 aliphatic rings. The van der Waals surface area contributed by atoms with E-state index < -0.39 is 15.8 Å². The Kier molecular flexibility index (Phi) is 5.42. The Morgan fingerprint density at radius 2 is 2.05 bits per heavy atom. The van der Waals surface area contributed by atoms with Crippen LogP contribution in [0.15, 0.2) is 23.1 Å². The van der Waals surface area contributed by atoms with Gasteiger partial charge in [0, 0.05) is 18.2 Å². The van der Waals surface area contributed by atoms with Gasteiger partial charge in [-0.05, 0) is 49.6 Å². The van der Waals surface area contributed by atoms with Gasteiger partial charge in [-0.1, -0.05) is 0 Å². The smallest absolute Gasteiger partial charge is 0.240 e. The molecule has 7 heteroatoms. The number of thioether (sulfide) groups is 1. The first-order valence-corrected chi connectivity index (χ1v) is 9.20. The highest BCUT2D eigenvalue weighted by molar-refractivity contribution is 7.99. The molecule has 0 saturated carbocycles. The van der Waals surface area contributed by atoms with Gasteiger partial charge in [-0.25, -0.2) is 17.5 Å². The molecule has 20 heavy (non-hydrogen) atoms. The third kappa shape index (κ3) is 3.94. The first-order valence-electron chi connectivity index (χ1n) is 6.56. The molecule has 1 aliphatic heterocycles. The number of halogens is 1. The minimum atomic E-state index is -3.57. The van der Waals surface area contributed by atoms with Gasteiger partial charge in [0.2, 0.25) is 10.0 Å². The van der Waals surface area contributed by atoms with Crippen molar-refractivity contribution in [2.24, 2.45) is 0 Å². The highest BCUT2D eigenvalue weighted by atomic mass is 32.2. The molecule has 0 aromatic heterocycles. The number of sulfonamides is 1. The Hall–Kier alpha value is -0.630.